The standard InChI is InChI=1S/C22H21N3O5/c1-15-5-8-17(9-6-15)23-14-21(26)25-24-13-16-7-10-18(20(12-16)28-2)30-22(27)19-4-3-11-29-19/h3-13,23H,14H2,1-2H3,(H,25,26)/b24-13+. The molecule has 0 bridgehead atoms. The van der Waals surface area contributed by atoms with Crippen LogP contribution in [-0.4, -0.2) is 31.7 Å². The first-order valence-corrected chi connectivity index (χ1v) is 9.11. The summed E-state index contributed by atoms with van der Waals surface area (Å²) in [6, 6.07) is 15.7. The van der Waals surface area contributed by atoms with Gasteiger partial charge < -0.3 is 19.2 Å². The highest BCUT2D eigenvalue weighted by molar-refractivity contribution is 5.89. The van der Waals surface area contributed by atoms with Crippen LogP contribution in [-0.2, 0) is 4.79 Å². The summed E-state index contributed by atoms with van der Waals surface area (Å²) in [5.74, 6) is -0.255. The number of nitrogens with one attached hydrogen (secondary N) is 2. The molecule has 0 unspecified atom stereocenters. The van der Waals surface area contributed by atoms with E-state index in [1.54, 1.807) is 24.3 Å². The van der Waals surface area contributed by atoms with Crippen LogP contribution in [0.3, 0.4) is 0 Å². The molecule has 0 saturated carbocycles. The lowest BCUT2D eigenvalue weighted by atomic mass is 10.2. The number of hydrogen-bond acceptors (Lipinski definition) is 7. The van der Waals surface area contributed by atoms with Crippen LogP contribution in [0.4, 0.5) is 5.69 Å². The molecule has 8 nitrogen and oxygen atoms in total. The number of methoxy groups -OCH3 is 1. The van der Waals surface area contributed by atoms with Crippen LogP contribution < -0.4 is 20.2 Å². The monoisotopic (exact) mass is 407 g/mol. The minimum atomic E-state index is -0.631. The van der Waals surface area contributed by atoms with Gasteiger partial charge in [-0.25, -0.2) is 10.2 Å². The second-order valence-corrected chi connectivity index (χ2v) is 6.29. The van der Waals surface area contributed by atoms with Crippen LogP contribution in [0.2, 0.25) is 0 Å². The number of carbonyl (C=O) groups is 2. The highest BCUT2D eigenvalue weighted by atomic mass is 16.6. The predicted molar refractivity (Wildman–Crippen MR) is 112 cm³/mol. The highest BCUT2D eigenvalue weighted by Crippen LogP contribution is 2.28. The third kappa shape index (κ3) is 5.71. The highest BCUT2D eigenvalue weighted by Gasteiger charge is 2.14. The van der Waals surface area contributed by atoms with E-state index in [9.17, 15) is 9.59 Å². The van der Waals surface area contributed by atoms with Crippen molar-refractivity contribution < 1.29 is 23.5 Å². The van der Waals surface area contributed by atoms with Gasteiger partial charge in [0.2, 0.25) is 5.76 Å². The molecule has 2 aromatic carbocycles. The van der Waals surface area contributed by atoms with E-state index in [1.807, 2.05) is 31.2 Å². The van der Waals surface area contributed by atoms with Crippen molar-refractivity contribution in [2.24, 2.45) is 5.10 Å². The molecule has 3 rings (SSSR count). The van der Waals surface area contributed by atoms with Gasteiger partial charge in [0, 0.05) is 5.69 Å². The van der Waals surface area contributed by atoms with Crippen LogP contribution in [0.15, 0.2) is 70.4 Å². The van der Waals surface area contributed by atoms with Crippen LogP contribution in [0, 0.1) is 6.92 Å². The first-order valence-electron chi connectivity index (χ1n) is 9.11. The van der Waals surface area contributed by atoms with Gasteiger partial charge >= 0.3 is 5.97 Å². The minimum absolute atomic E-state index is 0.0876. The molecule has 1 aromatic heterocycles. The van der Waals surface area contributed by atoms with Crippen molar-refractivity contribution in [2.75, 3.05) is 19.0 Å². The van der Waals surface area contributed by atoms with Crippen molar-refractivity contribution in [3.05, 3.63) is 77.7 Å². The third-order valence-electron chi connectivity index (χ3n) is 4.02. The van der Waals surface area contributed by atoms with Crippen LogP contribution in [0.1, 0.15) is 21.7 Å². The lowest BCUT2D eigenvalue weighted by Gasteiger charge is -2.09. The molecule has 2 N–H and O–H groups in total. The molecule has 0 saturated heterocycles. The maximum absolute atomic E-state index is 12.0. The molecule has 1 amide bonds. The minimum Gasteiger partial charge on any atom is -0.493 e. The zero-order valence-electron chi connectivity index (χ0n) is 16.5. The molecule has 0 radical (unpaired) electrons. The molecular weight excluding hydrogens is 386 g/mol. The number of furan rings is 1. The number of hydrazone groups is 1. The fourth-order valence-corrected chi connectivity index (χ4v) is 2.47. The Kier molecular flexibility index (Phi) is 6.83. The molecule has 0 atom stereocenters. The van der Waals surface area contributed by atoms with Crippen molar-refractivity contribution in [3.63, 3.8) is 0 Å². The second kappa shape index (κ2) is 9.92. The van der Waals surface area contributed by atoms with Gasteiger partial charge in [-0.15, -0.1) is 0 Å². The van der Waals surface area contributed by atoms with E-state index >= 15 is 0 Å². The second-order valence-electron chi connectivity index (χ2n) is 6.29. The molecule has 0 spiro atoms. The van der Waals surface area contributed by atoms with Gasteiger partial charge in [0.1, 0.15) is 0 Å². The van der Waals surface area contributed by atoms with Gasteiger partial charge in [-0.1, -0.05) is 17.7 Å². The molecule has 0 fully saturated rings. The number of benzene rings is 2. The predicted octanol–water partition coefficient (Wildman–Crippen LogP) is 3.38. The van der Waals surface area contributed by atoms with E-state index in [0.29, 0.717) is 11.3 Å². The van der Waals surface area contributed by atoms with Gasteiger partial charge in [-0.05, 0) is 55.0 Å². The SMILES string of the molecule is COc1cc(/C=N/NC(=O)CNc2ccc(C)cc2)ccc1OC(=O)c1ccco1. The molecule has 30 heavy (non-hydrogen) atoms. The topological polar surface area (TPSA) is 102 Å². The van der Waals surface area contributed by atoms with Gasteiger partial charge in [-0.2, -0.15) is 5.10 Å². The van der Waals surface area contributed by atoms with Crippen molar-refractivity contribution in [1.82, 2.24) is 5.43 Å². The first kappa shape index (κ1) is 20.7. The Morgan fingerprint density at radius 3 is 2.60 bits per heavy atom. The molecule has 1 heterocycles. The van der Waals surface area contributed by atoms with Crippen LogP contribution in [0.25, 0.3) is 0 Å². The number of nitrogens with zero attached hydrogens (tertiary/aromatic N) is 1. The van der Waals surface area contributed by atoms with Crippen molar-refractivity contribution >= 4 is 23.8 Å². The van der Waals surface area contributed by atoms with Gasteiger partial charge in [0.25, 0.3) is 5.91 Å². The quantitative estimate of drug-likeness (QED) is 0.257. The summed E-state index contributed by atoms with van der Waals surface area (Å²) >= 11 is 0. The summed E-state index contributed by atoms with van der Waals surface area (Å²) in [4.78, 5) is 23.9. The number of ether oxygens (including phenoxy) is 2. The van der Waals surface area contributed by atoms with Gasteiger partial charge in [-0.3, -0.25) is 4.79 Å². The number of amides is 1. The van der Waals surface area contributed by atoms with Gasteiger partial charge in [0.15, 0.2) is 11.5 Å². The maximum atomic E-state index is 12.0. The summed E-state index contributed by atoms with van der Waals surface area (Å²) in [7, 11) is 1.46. The number of anilines is 1. The average Bonchev–Trinajstić information content (AvgIpc) is 3.29. The van der Waals surface area contributed by atoms with Crippen molar-refractivity contribution in [2.45, 2.75) is 6.92 Å². The van der Waals surface area contributed by atoms with Crippen molar-refractivity contribution in [3.8, 4) is 11.5 Å². The largest absolute Gasteiger partial charge is 0.493 e. The molecule has 154 valence electrons. The lowest BCUT2D eigenvalue weighted by molar-refractivity contribution is -0.119. The molecular formula is C22H21N3O5. The number of hydrogen-bond donors (Lipinski definition) is 2. The summed E-state index contributed by atoms with van der Waals surface area (Å²) in [5, 5.41) is 6.95. The summed E-state index contributed by atoms with van der Waals surface area (Å²) < 4.78 is 15.6. The summed E-state index contributed by atoms with van der Waals surface area (Å²) in [6.45, 7) is 2.08. The van der Waals surface area contributed by atoms with E-state index in [1.165, 1.54) is 25.7 Å². The van der Waals surface area contributed by atoms with Crippen LogP contribution >= 0.6 is 0 Å². The molecule has 0 aliphatic heterocycles. The third-order valence-corrected chi connectivity index (χ3v) is 4.02. The number of aryl methyl sites for hydroxylation is 1. The zero-order valence-corrected chi connectivity index (χ0v) is 16.5. The number of carbonyl (C=O) groups excluding carboxylic acids is 2. The Morgan fingerprint density at radius 2 is 1.90 bits per heavy atom. The average molecular weight is 407 g/mol. The maximum Gasteiger partial charge on any atom is 0.379 e. The fourth-order valence-electron chi connectivity index (χ4n) is 2.47. The van der Waals surface area contributed by atoms with E-state index in [2.05, 4.69) is 15.8 Å². The van der Waals surface area contributed by atoms with E-state index in [0.717, 1.165) is 11.3 Å². The first-order chi connectivity index (χ1) is 14.5. The Morgan fingerprint density at radius 1 is 1.10 bits per heavy atom. The summed E-state index contributed by atoms with van der Waals surface area (Å²) in [6.07, 6.45) is 2.85. The Balaban J connectivity index is 1.54. The Bertz CT molecular complexity index is 1030. The lowest BCUT2D eigenvalue weighted by Crippen LogP contribution is -2.25. The van der Waals surface area contributed by atoms with E-state index in [-0.39, 0.29) is 24.0 Å². The smallest absolute Gasteiger partial charge is 0.379 e. The normalized spacial score (nSPS) is 10.6. The zero-order chi connectivity index (χ0) is 21.3. The fraction of sp³-hybridized carbons (Fsp3) is 0.136. The Labute approximate surface area is 173 Å². The Hall–Kier alpha value is -4.07. The molecule has 3 aromatic rings. The molecule has 0 aliphatic carbocycles. The van der Waals surface area contributed by atoms with Crippen LogP contribution in [0.5, 0.6) is 11.5 Å². The number of esters is 1. The van der Waals surface area contributed by atoms with E-state index < -0.39 is 5.97 Å². The molecule has 8 heteroatoms. The molecule has 0 aliphatic rings. The summed E-state index contributed by atoms with van der Waals surface area (Å²) in [5.41, 5.74) is 5.09. The number of rotatable bonds is 8. The van der Waals surface area contributed by atoms with Gasteiger partial charge in [0.05, 0.1) is 26.1 Å². The van der Waals surface area contributed by atoms with Crippen molar-refractivity contribution in [1.29, 1.82) is 0 Å². The van der Waals surface area contributed by atoms with E-state index in [4.69, 9.17) is 13.9 Å².